The van der Waals surface area contributed by atoms with Crippen LogP contribution in [0.25, 0.3) is 0 Å². The van der Waals surface area contributed by atoms with Crippen molar-refractivity contribution in [1.82, 2.24) is 0 Å². The molecule has 4 heteroatoms. The molecular formula is C15H22N2OS. The van der Waals surface area contributed by atoms with Gasteiger partial charge in [-0.05, 0) is 57.4 Å². The van der Waals surface area contributed by atoms with Crippen LogP contribution in [0.3, 0.4) is 0 Å². The summed E-state index contributed by atoms with van der Waals surface area (Å²) in [6.45, 7) is 7.13. The highest BCUT2D eigenvalue weighted by Crippen LogP contribution is 2.27. The average molecular weight is 278 g/mol. The van der Waals surface area contributed by atoms with Gasteiger partial charge in [0.05, 0.1) is 5.60 Å². The van der Waals surface area contributed by atoms with Crippen molar-refractivity contribution < 1.29 is 4.74 Å². The molecular weight excluding hydrogens is 256 g/mol. The quantitative estimate of drug-likeness (QED) is 0.834. The topological polar surface area (TPSA) is 47.3 Å². The van der Waals surface area contributed by atoms with Crippen LogP contribution in [-0.4, -0.2) is 23.2 Å². The van der Waals surface area contributed by atoms with Gasteiger partial charge in [-0.25, -0.2) is 0 Å². The Kier molecular flexibility index (Phi) is 4.11. The Hall–Kier alpha value is -1.13. The molecule has 1 aromatic rings. The molecule has 1 aliphatic heterocycles. The van der Waals surface area contributed by atoms with Crippen molar-refractivity contribution in [2.75, 3.05) is 11.9 Å². The van der Waals surface area contributed by atoms with Crippen molar-refractivity contribution >= 4 is 22.9 Å². The fraction of sp³-hybridized carbons (Fsp3) is 0.533. The monoisotopic (exact) mass is 278 g/mol. The van der Waals surface area contributed by atoms with Gasteiger partial charge in [0.15, 0.2) is 0 Å². The number of thiocarbonyl (C=S) groups is 1. The molecule has 1 fully saturated rings. The number of hydrogen-bond acceptors (Lipinski definition) is 3. The van der Waals surface area contributed by atoms with E-state index in [-0.39, 0.29) is 5.60 Å². The summed E-state index contributed by atoms with van der Waals surface area (Å²) in [5, 5.41) is 3.58. The lowest BCUT2D eigenvalue weighted by molar-refractivity contribution is -0.0553. The van der Waals surface area contributed by atoms with Gasteiger partial charge >= 0.3 is 0 Å². The molecule has 0 saturated carbocycles. The van der Waals surface area contributed by atoms with Crippen LogP contribution in [-0.2, 0) is 4.74 Å². The van der Waals surface area contributed by atoms with Crippen molar-refractivity contribution in [3.8, 4) is 0 Å². The van der Waals surface area contributed by atoms with E-state index in [1.165, 1.54) is 0 Å². The number of benzene rings is 1. The lowest BCUT2D eigenvalue weighted by atomic mass is 9.93. The lowest BCUT2D eigenvalue weighted by Crippen LogP contribution is -2.40. The fourth-order valence-electron chi connectivity index (χ4n) is 2.62. The van der Waals surface area contributed by atoms with Crippen molar-refractivity contribution in [1.29, 1.82) is 0 Å². The maximum absolute atomic E-state index is 5.73. The number of ether oxygens (including phenoxy) is 1. The first-order valence-electron chi connectivity index (χ1n) is 6.68. The van der Waals surface area contributed by atoms with Gasteiger partial charge in [-0.2, -0.15) is 0 Å². The second-order valence-electron chi connectivity index (χ2n) is 5.84. The van der Waals surface area contributed by atoms with Crippen LogP contribution >= 0.6 is 12.2 Å². The predicted molar refractivity (Wildman–Crippen MR) is 83.7 cm³/mol. The fourth-order valence-corrected chi connectivity index (χ4v) is 2.85. The second kappa shape index (κ2) is 5.47. The summed E-state index contributed by atoms with van der Waals surface area (Å²) in [7, 11) is 0. The van der Waals surface area contributed by atoms with E-state index in [1.807, 2.05) is 19.1 Å². The highest BCUT2D eigenvalue weighted by molar-refractivity contribution is 7.80. The SMILES string of the molecule is Cc1cc(NC2CCOC(C)(C)C2)ccc1C(N)=S. The molecule has 0 aromatic heterocycles. The summed E-state index contributed by atoms with van der Waals surface area (Å²) >= 11 is 5.03. The van der Waals surface area contributed by atoms with E-state index in [0.29, 0.717) is 11.0 Å². The van der Waals surface area contributed by atoms with E-state index in [4.69, 9.17) is 22.7 Å². The Morgan fingerprint density at radius 1 is 1.47 bits per heavy atom. The molecule has 104 valence electrons. The summed E-state index contributed by atoms with van der Waals surface area (Å²) in [5.74, 6) is 0. The predicted octanol–water partition coefficient (Wildman–Crippen LogP) is 3.00. The lowest BCUT2D eigenvalue weighted by Gasteiger charge is -2.36. The Balaban J connectivity index is 2.07. The second-order valence-corrected chi connectivity index (χ2v) is 6.28. The van der Waals surface area contributed by atoms with Crippen molar-refractivity contribution in [3.05, 3.63) is 29.3 Å². The first-order chi connectivity index (χ1) is 8.87. The average Bonchev–Trinajstić information content (AvgIpc) is 2.27. The molecule has 0 spiro atoms. The normalized spacial score (nSPS) is 21.9. The zero-order chi connectivity index (χ0) is 14.0. The summed E-state index contributed by atoms with van der Waals surface area (Å²) < 4.78 is 5.73. The molecule has 1 atom stereocenters. The standard InChI is InChI=1S/C15H22N2OS/c1-10-8-11(4-5-13(10)14(16)19)17-12-6-7-18-15(2,3)9-12/h4-5,8,12,17H,6-7,9H2,1-3H3,(H2,16,19). The first kappa shape index (κ1) is 14.3. The molecule has 0 amide bonds. The van der Waals surface area contributed by atoms with Gasteiger partial charge in [0.1, 0.15) is 4.99 Å². The number of nitrogens with two attached hydrogens (primary N) is 1. The van der Waals surface area contributed by atoms with Gasteiger partial charge in [0, 0.05) is 23.9 Å². The summed E-state index contributed by atoms with van der Waals surface area (Å²) in [6.07, 6.45) is 2.06. The zero-order valence-corrected chi connectivity index (χ0v) is 12.6. The van der Waals surface area contributed by atoms with Gasteiger partial charge in [0.2, 0.25) is 0 Å². The molecule has 19 heavy (non-hydrogen) atoms. The number of hydrogen-bond donors (Lipinski definition) is 2. The highest BCUT2D eigenvalue weighted by atomic mass is 32.1. The number of aryl methyl sites for hydroxylation is 1. The number of anilines is 1. The maximum Gasteiger partial charge on any atom is 0.104 e. The Morgan fingerprint density at radius 3 is 2.79 bits per heavy atom. The maximum atomic E-state index is 5.73. The van der Waals surface area contributed by atoms with E-state index >= 15 is 0 Å². The molecule has 1 heterocycles. The minimum Gasteiger partial charge on any atom is -0.389 e. The van der Waals surface area contributed by atoms with Gasteiger partial charge in [-0.1, -0.05) is 12.2 Å². The van der Waals surface area contributed by atoms with Crippen LogP contribution in [0.5, 0.6) is 0 Å². The number of rotatable bonds is 3. The molecule has 1 aromatic carbocycles. The van der Waals surface area contributed by atoms with Crippen molar-refractivity contribution in [2.24, 2.45) is 5.73 Å². The van der Waals surface area contributed by atoms with E-state index in [0.717, 1.165) is 36.3 Å². The largest absolute Gasteiger partial charge is 0.389 e. The van der Waals surface area contributed by atoms with E-state index in [9.17, 15) is 0 Å². The van der Waals surface area contributed by atoms with E-state index in [2.05, 4.69) is 25.2 Å². The molecule has 0 bridgehead atoms. The molecule has 2 rings (SSSR count). The van der Waals surface area contributed by atoms with E-state index in [1.54, 1.807) is 0 Å². The summed E-state index contributed by atoms with van der Waals surface area (Å²) in [6, 6.07) is 6.60. The summed E-state index contributed by atoms with van der Waals surface area (Å²) in [4.78, 5) is 0.455. The Morgan fingerprint density at radius 2 is 2.21 bits per heavy atom. The molecule has 1 unspecified atom stereocenters. The van der Waals surface area contributed by atoms with Gasteiger partial charge < -0.3 is 15.8 Å². The number of nitrogens with one attached hydrogen (secondary N) is 1. The first-order valence-corrected chi connectivity index (χ1v) is 7.09. The van der Waals surface area contributed by atoms with Crippen LogP contribution in [0.1, 0.15) is 37.8 Å². The van der Waals surface area contributed by atoms with Gasteiger partial charge in [0.25, 0.3) is 0 Å². The van der Waals surface area contributed by atoms with Gasteiger partial charge in [-0.15, -0.1) is 0 Å². The van der Waals surface area contributed by atoms with Crippen LogP contribution in [0.4, 0.5) is 5.69 Å². The van der Waals surface area contributed by atoms with Crippen LogP contribution in [0.2, 0.25) is 0 Å². The third-order valence-corrected chi connectivity index (χ3v) is 3.78. The van der Waals surface area contributed by atoms with Crippen molar-refractivity contribution in [3.63, 3.8) is 0 Å². The zero-order valence-electron chi connectivity index (χ0n) is 11.8. The van der Waals surface area contributed by atoms with Crippen LogP contribution in [0.15, 0.2) is 18.2 Å². The third-order valence-electron chi connectivity index (χ3n) is 3.56. The Bertz CT molecular complexity index is 485. The molecule has 1 aliphatic rings. The Labute approximate surface area is 120 Å². The minimum atomic E-state index is -0.0380. The van der Waals surface area contributed by atoms with Crippen LogP contribution < -0.4 is 11.1 Å². The molecule has 3 N–H and O–H groups in total. The molecule has 0 aliphatic carbocycles. The van der Waals surface area contributed by atoms with Crippen LogP contribution in [0, 0.1) is 6.92 Å². The van der Waals surface area contributed by atoms with E-state index < -0.39 is 0 Å². The molecule has 1 saturated heterocycles. The smallest absolute Gasteiger partial charge is 0.104 e. The third kappa shape index (κ3) is 3.67. The van der Waals surface area contributed by atoms with Crippen molar-refractivity contribution in [2.45, 2.75) is 45.3 Å². The molecule has 0 radical (unpaired) electrons. The highest BCUT2D eigenvalue weighted by Gasteiger charge is 2.28. The summed E-state index contributed by atoms with van der Waals surface area (Å²) in [5.41, 5.74) is 8.83. The van der Waals surface area contributed by atoms with Gasteiger partial charge in [-0.3, -0.25) is 0 Å². The minimum absolute atomic E-state index is 0.0380. The molecule has 3 nitrogen and oxygen atoms in total.